The predicted molar refractivity (Wildman–Crippen MR) is 49.9 cm³/mol. The van der Waals surface area contributed by atoms with Crippen molar-refractivity contribution in [2.75, 3.05) is 0 Å². The number of esters is 1. The van der Waals surface area contributed by atoms with E-state index in [9.17, 15) is 9.59 Å². The lowest BCUT2D eigenvalue weighted by Gasteiger charge is -2.06. The van der Waals surface area contributed by atoms with Gasteiger partial charge in [0.15, 0.2) is 6.10 Å². The van der Waals surface area contributed by atoms with Gasteiger partial charge in [0, 0.05) is 18.4 Å². The first-order chi connectivity index (χ1) is 6.77. The van der Waals surface area contributed by atoms with Gasteiger partial charge in [-0.15, -0.1) is 0 Å². The van der Waals surface area contributed by atoms with Crippen molar-refractivity contribution in [3.63, 3.8) is 0 Å². The molecular formula is C11H10O3. The van der Waals surface area contributed by atoms with Crippen LogP contribution in [0.3, 0.4) is 0 Å². The molecule has 14 heavy (non-hydrogen) atoms. The molecular weight excluding hydrogens is 180 g/mol. The molecule has 3 nitrogen and oxygen atoms in total. The first-order valence-electron chi connectivity index (χ1n) is 4.56. The summed E-state index contributed by atoms with van der Waals surface area (Å²) in [6.45, 7) is 0. The Morgan fingerprint density at radius 1 is 1.29 bits per heavy atom. The summed E-state index contributed by atoms with van der Waals surface area (Å²) < 4.78 is 4.89. The molecule has 1 atom stereocenters. The standard InChI is InChI=1S/C11H10O3/c12-10-7-6-9(14-10)11(13)8-4-2-1-3-5-8/h1-5,9H,6-7H2. The number of cyclic esters (lactones) is 1. The zero-order valence-electron chi connectivity index (χ0n) is 7.60. The van der Waals surface area contributed by atoms with E-state index in [0.29, 0.717) is 18.4 Å². The maximum Gasteiger partial charge on any atom is 0.306 e. The molecule has 0 aromatic heterocycles. The van der Waals surface area contributed by atoms with Gasteiger partial charge in [-0.1, -0.05) is 30.3 Å². The lowest BCUT2D eigenvalue weighted by atomic mass is 10.0. The molecule has 1 saturated heterocycles. The van der Waals surface area contributed by atoms with Gasteiger partial charge in [-0.3, -0.25) is 9.59 Å². The summed E-state index contributed by atoms with van der Waals surface area (Å²) in [5.74, 6) is -0.379. The van der Waals surface area contributed by atoms with Crippen LogP contribution in [0.1, 0.15) is 23.2 Å². The summed E-state index contributed by atoms with van der Waals surface area (Å²) in [5.41, 5.74) is 0.604. The molecule has 0 amide bonds. The molecule has 1 aromatic carbocycles. The normalized spacial score (nSPS) is 20.6. The highest BCUT2D eigenvalue weighted by Crippen LogP contribution is 2.18. The fraction of sp³-hybridized carbons (Fsp3) is 0.273. The van der Waals surface area contributed by atoms with Crippen LogP contribution in [0.15, 0.2) is 30.3 Å². The maximum atomic E-state index is 11.7. The van der Waals surface area contributed by atoms with E-state index < -0.39 is 6.10 Å². The Labute approximate surface area is 81.7 Å². The average Bonchev–Trinajstić information content (AvgIpc) is 2.65. The zero-order valence-corrected chi connectivity index (χ0v) is 7.60. The molecule has 0 aliphatic carbocycles. The van der Waals surface area contributed by atoms with Gasteiger partial charge < -0.3 is 4.74 Å². The molecule has 0 spiro atoms. The lowest BCUT2D eigenvalue weighted by molar-refractivity contribution is -0.140. The number of rotatable bonds is 2. The molecule has 0 saturated carbocycles. The van der Waals surface area contributed by atoms with E-state index in [2.05, 4.69) is 0 Å². The lowest BCUT2D eigenvalue weighted by Crippen LogP contribution is -2.20. The van der Waals surface area contributed by atoms with E-state index in [1.54, 1.807) is 24.3 Å². The molecule has 1 fully saturated rings. The van der Waals surface area contributed by atoms with Crippen molar-refractivity contribution in [1.29, 1.82) is 0 Å². The smallest absolute Gasteiger partial charge is 0.306 e. The summed E-state index contributed by atoms with van der Waals surface area (Å²) in [6, 6.07) is 8.90. The van der Waals surface area contributed by atoms with E-state index in [-0.39, 0.29) is 11.8 Å². The van der Waals surface area contributed by atoms with Crippen LogP contribution in [0.25, 0.3) is 0 Å². The Kier molecular flexibility index (Phi) is 2.31. The number of hydrogen-bond donors (Lipinski definition) is 0. The van der Waals surface area contributed by atoms with Gasteiger partial charge in [0.05, 0.1) is 0 Å². The molecule has 1 unspecified atom stereocenters. The number of carbonyl (C=O) groups excluding carboxylic acids is 2. The second-order valence-corrected chi connectivity index (χ2v) is 3.25. The van der Waals surface area contributed by atoms with Crippen molar-refractivity contribution in [3.05, 3.63) is 35.9 Å². The molecule has 0 N–H and O–H groups in total. The highest BCUT2D eigenvalue weighted by molar-refractivity contribution is 6.01. The molecule has 0 bridgehead atoms. The second kappa shape index (κ2) is 3.62. The third-order valence-corrected chi connectivity index (χ3v) is 2.24. The molecule has 1 aromatic rings. The van der Waals surface area contributed by atoms with Crippen LogP contribution in [-0.4, -0.2) is 17.9 Å². The summed E-state index contributed by atoms with van der Waals surface area (Å²) in [5, 5.41) is 0. The van der Waals surface area contributed by atoms with E-state index in [4.69, 9.17) is 4.74 Å². The molecule has 1 aliphatic rings. The second-order valence-electron chi connectivity index (χ2n) is 3.25. The molecule has 2 rings (SSSR count). The van der Waals surface area contributed by atoms with Crippen molar-refractivity contribution in [1.82, 2.24) is 0 Å². The minimum atomic E-state index is -0.565. The number of Topliss-reactive ketones (excluding diaryl/α,β-unsaturated/α-hetero) is 1. The Bertz CT molecular complexity index is 356. The third-order valence-electron chi connectivity index (χ3n) is 2.24. The van der Waals surface area contributed by atoms with Gasteiger partial charge in [0.1, 0.15) is 0 Å². The maximum absolute atomic E-state index is 11.7. The Morgan fingerprint density at radius 3 is 2.57 bits per heavy atom. The summed E-state index contributed by atoms with van der Waals surface area (Å²) in [6.07, 6.45) is 0.292. The van der Waals surface area contributed by atoms with Gasteiger partial charge in [-0.2, -0.15) is 0 Å². The predicted octanol–water partition coefficient (Wildman–Crippen LogP) is 1.57. The van der Waals surface area contributed by atoms with Crippen LogP contribution >= 0.6 is 0 Å². The number of benzene rings is 1. The highest BCUT2D eigenvalue weighted by Gasteiger charge is 2.30. The van der Waals surface area contributed by atoms with Gasteiger partial charge in [-0.25, -0.2) is 0 Å². The molecule has 1 aliphatic heterocycles. The monoisotopic (exact) mass is 190 g/mol. The topological polar surface area (TPSA) is 43.4 Å². The van der Waals surface area contributed by atoms with Crippen molar-refractivity contribution in [2.45, 2.75) is 18.9 Å². The van der Waals surface area contributed by atoms with Crippen molar-refractivity contribution >= 4 is 11.8 Å². The van der Waals surface area contributed by atoms with Crippen molar-refractivity contribution < 1.29 is 14.3 Å². The first kappa shape index (κ1) is 8.94. The summed E-state index contributed by atoms with van der Waals surface area (Å²) in [4.78, 5) is 22.5. The number of ketones is 1. The number of ether oxygens (including phenoxy) is 1. The molecule has 1 heterocycles. The van der Waals surface area contributed by atoms with Gasteiger partial charge in [0.25, 0.3) is 0 Å². The van der Waals surface area contributed by atoms with E-state index in [1.165, 1.54) is 0 Å². The number of carbonyl (C=O) groups is 2. The van der Waals surface area contributed by atoms with Crippen LogP contribution in [-0.2, 0) is 9.53 Å². The highest BCUT2D eigenvalue weighted by atomic mass is 16.6. The minimum Gasteiger partial charge on any atom is -0.454 e. The van der Waals surface area contributed by atoms with Gasteiger partial charge in [0.2, 0.25) is 5.78 Å². The van der Waals surface area contributed by atoms with E-state index in [1.807, 2.05) is 6.07 Å². The fourth-order valence-corrected chi connectivity index (χ4v) is 1.50. The van der Waals surface area contributed by atoms with E-state index in [0.717, 1.165) is 0 Å². The van der Waals surface area contributed by atoms with Gasteiger partial charge in [-0.05, 0) is 0 Å². The van der Waals surface area contributed by atoms with Crippen molar-refractivity contribution in [3.8, 4) is 0 Å². The summed E-state index contributed by atoms with van der Waals surface area (Å²) >= 11 is 0. The quantitative estimate of drug-likeness (QED) is 0.525. The molecule has 3 heteroatoms. The summed E-state index contributed by atoms with van der Waals surface area (Å²) in [7, 11) is 0. The van der Waals surface area contributed by atoms with Crippen LogP contribution in [0.2, 0.25) is 0 Å². The van der Waals surface area contributed by atoms with Crippen LogP contribution in [0.4, 0.5) is 0 Å². The SMILES string of the molecule is O=C1CCC(C(=O)c2ccccc2)O1. The molecule has 0 radical (unpaired) electrons. The van der Waals surface area contributed by atoms with Crippen molar-refractivity contribution in [2.24, 2.45) is 0 Å². The van der Waals surface area contributed by atoms with Crippen LogP contribution in [0.5, 0.6) is 0 Å². The molecule has 72 valence electrons. The Balaban J connectivity index is 2.13. The zero-order chi connectivity index (χ0) is 9.97. The Hall–Kier alpha value is -1.64. The first-order valence-corrected chi connectivity index (χ1v) is 4.56. The van der Waals surface area contributed by atoms with Crippen LogP contribution in [0, 0.1) is 0 Å². The minimum absolute atomic E-state index is 0.101. The van der Waals surface area contributed by atoms with Gasteiger partial charge >= 0.3 is 5.97 Å². The third kappa shape index (κ3) is 1.66. The largest absolute Gasteiger partial charge is 0.454 e. The average molecular weight is 190 g/mol. The Morgan fingerprint density at radius 2 is 2.00 bits per heavy atom. The fourth-order valence-electron chi connectivity index (χ4n) is 1.50. The van der Waals surface area contributed by atoms with E-state index >= 15 is 0 Å². The van der Waals surface area contributed by atoms with Crippen LogP contribution < -0.4 is 0 Å². The number of hydrogen-bond acceptors (Lipinski definition) is 3.